The number of hydrogen-bond acceptors (Lipinski definition) is 6. The molecule has 8 nitrogen and oxygen atoms in total. The van der Waals surface area contributed by atoms with E-state index < -0.39 is 24.2 Å². The monoisotopic (exact) mass is 452 g/mol. The molecular formula is C23H17ClN2O6. The lowest BCUT2D eigenvalue weighted by Crippen LogP contribution is -2.25. The lowest BCUT2D eigenvalue weighted by molar-refractivity contribution is -0.147. The SMILES string of the molecule is O=C(COC(=O)Cn1c(=O)oc2ccccc21)Nc1ccc(Oc2ccccc2Cl)cc1. The van der Waals surface area contributed by atoms with Crippen LogP contribution in [-0.4, -0.2) is 23.1 Å². The van der Waals surface area contributed by atoms with Crippen LogP contribution >= 0.6 is 11.6 Å². The van der Waals surface area contributed by atoms with Crippen molar-refractivity contribution in [3.8, 4) is 11.5 Å². The summed E-state index contributed by atoms with van der Waals surface area (Å²) in [5, 5.41) is 3.10. The molecule has 1 N–H and O–H groups in total. The van der Waals surface area contributed by atoms with Gasteiger partial charge in [-0.05, 0) is 48.5 Å². The van der Waals surface area contributed by atoms with Gasteiger partial charge in [-0.1, -0.05) is 35.9 Å². The van der Waals surface area contributed by atoms with Crippen molar-refractivity contribution in [2.24, 2.45) is 0 Å². The molecule has 0 atom stereocenters. The number of oxazole rings is 1. The maximum atomic E-state index is 12.1. The fourth-order valence-electron chi connectivity index (χ4n) is 2.94. The van der Waals surface area contributed by atoms with Gasteiger partial charge in [-0.15, -0.1) is 0 Å². The van der Waals surface area contributed by atoms with Gasteiger partial charge in [0.1, 0.15) is 18.0 Å². The molecule has 0 fully saturated rings. The highest BCUT2D eigenvalue weighted by atomic mass is 35.5. The number of ether oxygens (including phenoxy) is 2. The standard InChI is InChI=1S/C23H17ClN2O6/c24-17-5-1-3-7-19(17)31-16-11-9-15(10-12-16)25-21(27)14-30-22(28)13-26-18-6-2-4-8-20(18)32-23(26)29/h1-12H,13-14H2,(H,25,27). The number of carbonyl (C=O) groups is 2. The number of halogens is 1. The molecule has 4 rings (SSSR count). The molecule has 0 spiro atoms. The highest BCUT2D eigenvalue weighted by molar-refractivity contribution is 6.32. The van der Waals surface area contributed by atoms with Crippen LogP contribution in [0.15, 0.2) is 82.0 Å². The van der Waals surface area contributed by atoms with E-state index in [1.165, 1.54) is 0 Å². The van der Waals surface area contributed by atoms with Gasteiger partial charge in [0.05, 0.1) is 10.5 Å². The Morgan fingerprint density at radius 2 is 1.69 bits per heavy atom. The summed E-state index contributed by atoms with van der Waals surface area (Å²) in [4.78, 5) is 36.1. The fourth-order valence-corrected chi connectivity index (χ4v) is 3.12. The number of hydrogen-bond donors (Lipinski definition) is 1. The van der Waals surface area contributed by atoms with Crippen molar-refractivity contribution in [3.05, 3.63) is 88.4 Å². The molecule has 162 valence electrons. The summed E-state index contributed by atoms with van der Waals surface area (Å²) in [5.41, 5.74) is 1.33. The largest absolute Gasteiger partial charge is 0.456 e. The van der Waals surface area contributed by atoms with Crippen molar-refractivity contribution in [1.29, 1.82) is 0 Å². The van der Waals surface area contributed by atoms with Crippen LogP contribution in [0, 0.1) is 0 Å². The second-order valence-electron chi connectivity index (χ2n) is 6.69. The van der Waals surface area contributed by atoms with E-state index >= 15 is 0 Å². The first kappa shape index (κ1) is 21.2. The summed E-state index contributed by atoms with van der Waals surface area (Å²) < 4.78 is 16.9. The van der Waals surface area contributed by atoms with E-state index in [1.807, 2.05) is 6.07 Å². The van der Waals surface area contributed by atoms with Gasteiger partial charge in [0.2, 0.25) is 0 Å². The quantitative estimate of drug-likeness (QED) is 0.421. The predicted octanol–water partition coefficient (Wildman–Crippen LogP) is 4.22. The van der Waals surface area contributed by atoms with Crippen LogP contribution in [0.1, 0.15) is 0 Å². The van der Waals surface area contributed by atoms with Gasteiger partial charge in [0.25, 0.3) is 5.91 Å². The van der Waals surface area contributed by atoms with E-state index in [-0.39, 0.29) is 6.54 Å². The number of carbonyl (C=O) groups excluding carboxylic acids is 2. The molecule has 0 unspecified atom stereocenters. The molecule has 1 aromatic heterocycles. The third kappa shape index (κ3) is 4.98. The summed E-state index contributed by atoms with van der Waals surface area (Å²) in [5.74, 6) is -0.880. The molecule has 9 heteroatoms. The molecule has 1 heterocycles. The molecule has 1 amide bonds. The smallest absolute Gasteiger partial charge is 0.420 e. The number of esters is 1. The topological polar surface area (TPSA) is 99.8 Å². The van der Waals surface area contributed by atoms with Crippen molar-refractivity contribution in [1.82, 2.24) is 4.57 Å². The highest BCUT2D eigenvalue weighted by Crippen LogP contribution is 2.29. The third-order valence-corrected chi connectivity index (χ3v) is 4.74. The van der Waals surface area contributed by atoms with Crippen LogP contribution in [0.2, 0.25) is 5.02 Å². The van der Waals surface area contributed by atoms with Gasteiger partial charge < -0.3 is 19.2 Å². The van der Waals surface area contributed by atoms with Crippen LogP contribution in [0.4, 0.5) is 5.69 Å². The van der Waals surface area contributed by atoms with E-state index in [4.69, 9.17) is 25.5 Å². The third-order valence-electron chi connectivity index (χ3n) is 4.43. The van der Waals surface area contributed by atoms with Gasteiger partial charge in [-0.2, -0.15) is 0 Å². The summed E-state index contributed by atoms with van der Waals surface area (Å²) in [7, 11) is 0. The molecule has 4 aromatic rings. The minimum Gasteiger partial charge on any atom is -0.456 e. The van der Waals surface area contributed by atoms with Crippen LogP contribution < -0.4 is 15.8 Å². The average molecular weight is 453 g/mol. The molecule has 32 heavy (non-hydrogen) atoms. The van der Waals surface area contributed by atoms with Gasteiger partial charge in [-0.25, -0.2) is 4.79 Å². The number of rotatable bonds is 7. The van der Waals surface area contributed by atoms with E-state index in [0.29, 0.717) is 33.3 Å². The maximum absolute atomic E-state index is 12.1. The normalized spacial score (nSPS) is 10.7. The van der Waals surface area contributed by atoms with Crippen LogP contribution in [0.25, 0.3) is 11.1 Å². The van der Waals surface area contributed by atoms with Crippen molar-refractivity contribution in [2.75, 3.05) is 11.9 Å². The molecule has 0 saturated heterocycles. The minimum atomic E-state index is -0.739. The van der Waals surface area contributed by atoms with Crippen molar-refractivity contribution in [3.63, 3.8) is 0 Å². The zero-order chi connectivity index (χ0) is 22.5. The molecule has 0 aliphatic heterocycles. The number of amides is 1. The zero-order valence-corrected chi connectivity index (χ0v) is 17.4. The van der Waals surface area contributed by atoms with E-state index in [9.17, 15) is 14.4 Å². The number of nitrogens with one attached hydrogen (secondary N) is 1. The van der Waals surface area contributed by atoms with E-state index in [1.54, 1.807) is 66.7 Å². The van der Waals surface area contributed by atoms with Gasteiger partial charge in [0, 0.05) is 5.69 Å². The van der Waals surface area contributed by atoms with E-state index in [0.717, 1.165) is 4.57 Å². The minimum absolute atomic E-state index is 0.364. The lowest BCUT2D eigenvalue weighted by atomic mass is 10.3. The lowest BCUT2D eigenvalue weighted by Gasteiger charge is -2.09. The summed E-state index contributed by atoms with van der Waals surface area (Å²) in [6.07, 6.45) is 0. The predicted molar refractivity (Wildman–Crippen MR) is 118 cm³/mol. The number of anilines is 1. The van der Waals surface area contributed by atoms with Gasteiger partial charge in [0.15, 0.2) is 12.2 Å². The molecule has 0 saturated carbocycles. The van der Waals surface area contributed by atoms with Crippen LogP contribution in [0.3, 0.4) is 0 Å². The number of fused-ring (bicyclic) bond motifs is 1. The first-order valence-electron chi connectivity index (χ1n) is 9.56. The van der Waals surface area contributed by atoms with E-state index in [2.05, 4.69) is 5.32 Å². The Morgan fingerprint density at radius 3 is 2.47 bits per heavy atom. The molecule has 0 aliphatic rings. The molecule has 3 aromatic carbocycles. The number of benzene rings is 3. The molecule has 0 bridgehead atoms. The fraction of sp³-hybridized carbons (Fsp3) is 0.0870. The van der Waals surface area contributed by atoms with Crippen LogP contribution in [0.5, 0.6) is 11.5 Å². The Labute approximate surface area is 186 Å². The molecule has 0 radical (unpaired) electrons. The van der Waals surface area contributed by atoms with Crippen molar-refractivity contribution < 1.29 is 23.5 Å². The first-order chi connectivity index (χ1) is 15.5. The Morgan fingerprint density at radius 1 is 0.969 bits per heavy atom. The highest BCUT2D eigenvalue weighted by Gasteiger charge is 2.14. The van der Waals surface area contributed by atoms with Gasteiger partial charge in [-0.3, -0.25) is 14.2 Å². The van der Waals surface area contributed by atoms with Crippen molar-refractivity contribution >= 4 is 40.3 Å². The summed E-state index contributed by atoms with van der Waals surface area (Å²) in [6.45, 7) is -0.863. The van der Waals surface area contributed by atoms with Crippen molar-refractivity contribution in [2.45, 2.75) is 6.54 Å². The summed E-state index contributed by atoms with van der Waals surface area (Å²) in [6, 6.07) is 20.4. The number of para-hydroxylation sites is 3. The Bertz CT molecular complexity index is 1330. The molecule has 0 aliphatic carbocycles. The Kier molecular flexibility index (Phi) is 6.23. The summed E-state index contributed by atoms with van der Waals surface area (Å²) >= 11 is 6.07. The Hall–Kier alpha value is -4.04. The second kappa shape index (κ2) is 9.40. The second-order valence-corrected chi connectivity index (χ2v) is 7.09. The molecular weight excluding hydrogens is 436 g/mol. The van der Waals surface area contributed by atoms with Crippen LogP contribution in [-0.2, 0) is 20.9 Å². The number of nitrogens with zero attached hydrogens (tertiary/aromatic N) is 1. The zero-order valence-electron chi connectivity index (χ0n) is 16.6. The first-order valence-corrected chi connectivity index (χ1v) is 9.94. The van der Waals surface area contributed by atoms with Gasteiger partial charge >= 0.3 is 11.7 Å². The maximum Gasteiger partial charge on any atom is 0.420 e. The number of aromatic nitrogens is 1. The Balaban J connectivity index is 1.29. The average Bonchev–Trinajstić information content (AvgIpc) is 3.10.